The van der Waals surface area contributed by atoms with Crippen molar-refractivity contribution in [3.8, 4) is 5.75 Å². The van der Waals surface area contributed by atoms with Crippen LogP contribution in [0.3, 0.4) is 0 Å². The molecule has 0 fully saturated rings. The van der Waals surface area contributed by atoms with E-state index in [2.05, 4.69) is 5.32 Å². The van der Waals surface area contributed by atoms with Crippen molar-refractivity contribution < 1.29 is 17.9 Å². The first-order chi connectivity index (χ1) is 16.3. The number of hydrogen-bond donors (Lipinski definition) is 2. The average Bonchev–Trinajstić information content (AvgIpc) is 2.82. The van der Waals surface area contributed by atoms with Gasteiger partial charge < -0.3 is 14.6 Å². The molecule has 1 heterocycles. The maximum atomic E-state index is 13.1. The number of nitrogens with zero attached hydrogens (tertiary/aromatic N) is 2. The molecule has 0 bridgehead atoms. The normalized spacial score (nSPS) is 10.8. The molecule has 9 heteroatoms. The second-order valence-electron chi connectivity index (χ2n) is 7.90. The Bertz CT molecular complexity index is 1280. The molecule has 0 aliphatic carbocycles. The Morgan fingerprint density at radius 1 is 1.09 bits per heavy atom. The van der Waals surface area contributed by atoms with E-state index in [0.29, 0.717) is 17.9 Å². The van der Waals surface area contributed by atoms with Gasteiger partial charge in [0.1, 0.15) is 6.61 Å². The molecule has 180 valence electrons. The number of rotatable bonds is 10. The minimum atomic E-state index is -2.99. The van der Waals surface area contributed by atoms with Crippen LogP contribution in [0.15, 0.2) is 65.5 Å². The van der Waals surface area contributed by atoms with E-state index in [0.717, 1.165) is 17.5 Å². The van der Waals surface area contributed by atoms with E-state index < -0.39 is 22.2 Å². The molecule has 0 unspecified atom stereocenters. The summed E-state index contributed by atoms with van der Waals surface area (Å²) in [4.78, 5) is 26.1. The number of carbonyl (C=O) groups excluding carboxylic acids is 1. The second kappa shape index (κ2) is 11.5. The molecule has 8 nitrogen and oxygen atoms in total. The molecule has 0 saturated heterocycles. The Morgan fingerprint density at radius 2 is 1.82 bits per heavy atom. The van der Waals surface area contributed by atoms with Crippen LogP contribution in [-0.2, 0) is 31.1 Å². The molecule has 0 spiro atoms. The number of aryl methyl sites for hydroxylation is 1. The summed E-state index contributed by atoms with van der Waals surface area (Å²) < 4.78 is 32.7. The topological polar surface area (TPSA) is 97.7 Å². The maximum Gasteiger partial charge on any atom is 0.271 e. The highest BCUT2D eigenvalue weighted by atomic mass is 32.2. The summed E-state index contributed by atoms with van der Waals surface area (Å²) in [6.45, 7) is 4.22. The lowest BCUT2D eigenvalue weighted by Crippen LogP contribution is -2.32. The number of thiol groups is 1. The second-order valence-corrected chi connectivity index (χ2v) is 8.86. The third-order valence-corrected chi connectivity index (χ3v) is 6.05. The fourth-order valence-corrected chi connectivity index (χ4v) is 4.08. The molecule has 1 aromatic heterocycles. The largest absolute Gasteiger partial charge is 0.483 e. The summed E-state index contributed by atoms with van der Waals surface area (Å²) in [5, 5.41) is 2.79. The molecule has 0 radical (unpaired) electrons. The third-order valence-electron chi connectivity index (χ3n) is 5.29. The summed E-state index contributed by atoms with van der Waals surface area (Å²) in [6, 6.07) is 17.7. The van der Waals surface area contributed by atoms with Crippen molar-refractivity contribution in [2.45, 2.75) is 33.4 Å². The average molecular weight is 484 g/mol. The van der Waals surface area contributed by atoms with Crippen molar-refractivity contribution in [1.82, 2.24) is 9.88 Å². The van der Waals surface area contributed by atoms with Gasteiger partial charge in [-0.25, -0.2) is 8.42 Å². The zero-order valence-electron chi connectivity index (χ0n) is 19.5. The van der Waals surface area contributed by atoms with Gasteiger partial charge in [-0.2, -0.15) is 0 Å². The molecular formula is C25H29N3O5S. The summed E-state index contributed by atoms with van der Waals surface area (Å²) in [5.41, 5.74) is 2.15. The Balaban J connectivity index is 2.03. The molecular weight excluding hydrogens is 454 g/mol. The summed E-state index contributed by atoms with van der Waals surface area (Å²) in [6.07, 6.45) is 0.720. The van der Waals surface area contributed by atoms with Crippen LogP contribution in [0, 0.1) is 6.92 Å². The lowest BCUT2D eigenvalue weighted by molar-refractivity contribution is 0.0938. The number of ether oxygens (including phenoxy) is 1. The first-order valence-electron chi connectivity index (χ1n) is 11.0. The van der Waals surface area contributed by atoms with Crippen LogP contribution in [0.2, 0.25) is 0 Å². The molecule has 0 aliphatic rings. The quantitative estimate of drug-likeness (QED) is 0.432. The molecule has 0 saturated carbocycles. The van der Waals surface area contributed by atoms with Crippen LogP contribution in [0.4, 0.5) is 5.69 Å². The number of amides is 1. The minimum absolute atomic E-state index is 0.0530. The van der Waals surface area contributed by atoms with Crippen molar-refractivity contribution in [2.75, 3.05) is 10.8 Å². The van der Waals surface area contributed by atoms with Crippen LogP contribution in [0.5, 0.6) is 5.75 Å². The van der Waals surface area contributed by atoms with Crippen LogP contribution in [0.1, 0.15) is 40.7 Å². The highest BCUT2D eigenvalue weighted by molar-refractivity contribution is 7.74. The van der Waals surface area contributed by atoms with Gasteiger partial charge in [0.2, 0.25) is 16.3 Å². The summed E-state index contributed by atoms with van der Waals surface area (Å²) >= 11 is 0. The van der Waals surface area contributed by atoms with Crippen LogP contribution >= 0.6 is 0 Å². The minimum Gasteiger partial charge on any atom is -0.483 e. The van der Waals surface area contributed by atoms with E-state index in [9.17, 15) is 18.0 Å². The van der Waals surface area contributed by atoms with Gasteiger partial charge in [0.05, 0.1) is 12.2 Å². The SMILES string of the molecule is CCCNC(=O)c1c(OCc2ccccc2)c(=O)cc(CN(c2cccc(C)c2)[SH](=O)=O)n1C. The van der Waals surface area contributed by atoms with Crippen molar-refractivity contribution in [3.63, 3.8) is 0 Å². The lowest BCUT2D eigenvalue weighted by Gasteiger charge is -2.22. The van der Waals surface area contributed by atoms with Crippen molar-refractivity contribution in [1.29, 1.82) is 0 Å². The molecule has 1 amide bonds. The van der Waals surface area contributed by atoms with Gasteiger partial charge in [0, 0.05) is 25.4 Å². The van der Waals surface area contributed by atoms with E-state index in [1.54, 1.807) is 25.2 Å². The first kappa shape index (κ1) is 25.0. The number of pyridine rings is 1. The van der Waals surface area contributed by atoms with Gasteiger partial charge in [-0.05, 0) is 36.6 Å². The zero-order chi connectivity index (χ0) is 24.7. The molecule has 2 aromatic carbocycles. The van der Waals surface area contributed by atoms with Gasteiger partial charge in [-0.1, -0.05) is 49.4 Å². The van der Waals surface area contributed by atoms with Crippen LogP contribution in [-0.4, -0.2) is 25.4 Å². The van der Waals surface area contributed by atoms with Gasteiger partial charge in [0.15, 0.2) is 11.4 Å². The van der Waals surface area contributed by atoms with Gasteiger partial charge in [0.25, 0.3) is 5.91 Å². The Hall–Kier alpha value is -3.59. The first-order valence-corrected chi connectivity index (χ1v) is 12.1. The van der Waals surface area contributed by atoms with E-state index in [-0.39, 0.29) is 24.6 Å². The number of benzene rings is 2. The van der Waals surface area contributed by atoms with Gasteiger partial charge in [-0.3, -0.25) is 13.9 Å². The Kier molecular flexibility index (Phi) is 8.48. The van der Waals surface area contributed by atoms with E-state index >= 15 is 0 Å². The van der Waals surface area contributed by atoms with E-state index in [4.69, 9.17) is 4.74 Å². The molecule has 3 aromatic rings. The standard InChI is InChI=1S/C25H29N3O5S/c1-4-13-26-25(30)23-24(33-17-19-10-6-5-7-11-19)22(29)15-21(27(23)3)16-28(34(31)32)20-12-8-9-18(2)14-20/h5-12,14-15,34H,4,13,16-17H2,1-3H3,(H,26,30). The van der Waals surface area contributed by atoms with Crippen LogP contribution in [0.25, 0.3) is 0 Å². The molecule has 34 heavy (non-hydrogen) atoms. The predicted molar refractivity (Wildman–Crippen MR) is 133 cm³/mol. The highest BCUT2D eigenvalue weighted by Gasteiger charge is 2.23. The highest BCUT2D eigenvalue weighted by Crippen LogP contribution is 2.22. The third kappa shape index (κ3) is 6.05. The fourth-order valence-electron chi connectivity index (χ4n) is 3.51. The van der Waals surface area contributed by atoms with E-state index in [1.165, 1.54) is 14.9 Å². The summed E-state index contributed by atoms with van der Waals surface area (Å²) in [5.74, 6) is -0.530. The van der Waals surface area contributed by atoms with E-state index in [1.807, 2.05) is 50.2 Å². The molecule has 1 N–H and O–H groups in total. The predicted octanol–water partition coefficient (Wildman–Crippen LogP) is 2.95. The monoisotopic (exact) mass is 483 g/mol. The molecule has 0 aliphatic heterocycles. The summed E-state index contributed by atoms with van der Waals surface area (Å²) in [7, 11) is -1.37. The van der Waals surface area contributed by atoms with Gasteiger partial charge >= 0.3 is 0 Å². The number of carbonyl (C=O) groups is 1. The number of aromatic nitrogens is 1. The number of hydrogen-bond acceptors (Lipinski definition) is 5. The molecule has 3 rings (SSSR count). The Morgan fingerprint density at radius 3 is 2.47 bits per heavy atom. The number of nitrogens with one attached hydrogen (secondary N) is 1. The maximum absolute atomic E-state index is 13.1. The smallest absolute Gasteiger partial charge is 0.271 e. The Labute approximate surface area is 200 Å². The molecule has 0 atom stereocenters. The fraction of sp³-hybridized carbons (Fsp3) is 0.280. The zero-order valence-corrected chi connectivity index (χ0v) is 20.4. The van der Waals surface area contributed by atoms with Crippen molar-refractivity contribution >= 4 is 22.5 Å². The number of anilines is 1. The van der Waals surface area contributed by atoms with Gasteiger partial charge in [-0.15, -0.1) is 0 Å². The lowest BCUT2D eigenvalue weighted by atomic mass is 10.2. The van der Waals surface area contributed by atoms with Crippen molar-refractivity contribution in [2.24, 2.45) is 7.05 Å². The van der Waals surface area contributed by atoms with Crippen LogP contribution < -0.4 is 19.8 Å². The van der Waals surface area contributed by atoms with Crippen molar-refractivity contribution in [3.05, 3.63) is 93.4 Å².